The molecule has 0 radical (unpaired) electrons. The van der Waals surface area contributed by atoms with Gasteiger partial charge in [-0.1, -0.05) is 42.0 Å². The first-order chi connectivity index (χ1) is 7.74. The normalized spacial score (nSPS) is 26.1. The van der Waals surface area contributed by atoms with Gasteiger partial charge in [0, 0.05) is 12.1 Å². The first kappa shape index (κ1) is 11.4. The number of aryl methyl sites for hydroxylation is 1. The highest BCUT2D eigenvalue weighted by atomic mass is 16.5. The van der Waals surface area contributed by atoms with Gasteiger partial charge in [-0.15, -0.1) is 0 Å². The molecular weight excluding hydrogens is 198 g/mol. The van der Waals surface area contributed by atoms with E-state index in [2.05, 4.69) is 55.6 Å². The Labute approximate surface area is 97.3 Å². The summed E-state index contributed by atoms with van der Waals surface area (Å²) in [6, 6.07) is 9.32. The molecule has 2 nitrogen and oxygen atoms in total. The van der Waals surface area contributed by atoms with E-state index in [0.29, 0.717) is 12.1 Å². The summed E-state index contributed by atoms with van der Waals surface area (Å²) in [5.41, 5.74) is 2.54. The molecule has 2 heteroatoms. The molecule has 1 fully saturated rings. The lowest BCUT2D eigenvalue weighted by molar-refractivity contribution is 0.0637. The zero-order chi connectivity index (χ0) is 11.4. The van der Waals surface area contributed by atoms with Gasteiger partial charge in [0.1, 0.15) is 0 Å². The van der Waals surface area contributed by atoms with E-state index in [1.165, 1.54) is 11.1 Å². The summed E-state index contributed by atoms with van der Waals surface area (Å²) in [5.74, 6) is 0. The van der Waals surface area contributed by atoms with Crippen molar-refractivity contribution in [2.75, 3.05) is 13.2 Å². The highest BCUT2D eigenvalue weighted by Crippen LogP contribution is 2.07. The second-order valence-electron chi connectivity index (χ2n) is 4.48. The van der Waals surface area contributed by atoms with E-state index in [1.807, 2.05) is 0 Å². The zero-order valence-corrected chi connectivity index (χ0v) is 9.94. The Kier molecular flexibility index (Phi) is 3.75. The minimum Gasteiger partial charge on any atom is -0.378 e. The van der Waals surface area contributed by atoms with Crippen LogP contribution in [0, 0.1) is 6.92 Å². The molecule has 2 atom stereocenters. The van der Waals surface area contributed by atoms with E-state index in [0.717, 1.165) is 13.2 Å². The highest BCUT2D eigenvalue weighted by Gasteiger charge is 2.14. The number of benzene rings is 1. The maximum absolute atomic E-state index is 5.49. The first-order valence-electron chi connectivity index (χ1n) is 5.83. The zero-order valence-electron chi connectivity index (χ0n) is 9.94. The van der Waals surface area contributed by atoms with Gasteiger partial charge < -0.3 is 10.1 Å². The molecule has 16 heavy (non-hydrogen) atoms. The third-order valence-electron chi connectivity index (χ3n) is 2.76. The van der Waals surface area contributed by atoms with Crippen molar-refractivity contribution in [3.63, 3.8) is 0 Å². The SMILES string of the molecule is Cc1ccc(/C=C/C2COCC(C)N2)cc1. The fourth-order valence-electron chi connectivity index (χ4n) is 1.85. The van der Waals surface area contributed by atoms with Gasteiger partial charge in [0.25, 0.3) is 0 Å². The molecule has 1 heterocycles. The smallest absolute Gasteiger partial charge is 0.0656 e. The summed E-state index contributed by atoms with van der Waals surface area (Å²) < 4.78 is 5.49. The van der Waals surface area contributed by atoms with E-state index in [9.17, 15) is 0 Å². The summed E-state index contributed by atoms with van der Waals surface area (Å²) in [6.07, 6.45) is 4.33. The molecule has 0 saturated carbocycles. The standard InChI is InChI=1S/C14H19NO/c1-11-3-5-13(6-4-11)7-8-14-10-16-9-12(2)15-14/h3-8,12,14-15H,9-10H2,1-2H3/b8-7+. The minimum atomic E-state index is 0.338. The second kappa shape index (κ2) is 5.28. The van der Waals surface area contributed by atoms with E-state index in [-0.39, 0.29) is 0 Å². The lowest BCUT2D eigenvalue weighted by atomic mass is 10.1. The third kappa shape index (κ3) is 3.19. The van der Waals surface area contributed by atoms with Crippen LogP contribution >= 0.6 is 0 Å². The van der Waals surface area contributed by atoms with Crippen molar-refractivity contribution in [3.05, 3.63) is 41.5 Å². The average molecular weight is 217 g/mol. The van der Waals surface area contributed by atoms with Crippen molar-refractivity contribution in [2.45, 2.75) is 25.9 Å². The average Bonchev–Trinajstić information content (AvgIpc) is 2.28. The maximum atomic E-state index is 5.49. The van der Waals surface area contributed by atoms with Crippen LogP contribution in [-0.2, 0) is 4.74 Å². The van der Waals surface area contributed by atoms with Crippen molar-refractivity contribution in [1.29, 1.82) is 0 Å². The topological polar surface area (TPSA) is 21.3 Å². The third-order valence-corrected chi connectivity index (χ3v) is 2.76. The predicted molar refractivity (Wildman–Crippen MR) is 67.4 cm³/mol. The van der Waals surface area contributed by atoms with Crippen LogP contribution in [0.25, 0.3) is 6.08 Å². The van der Waals surface area contributed by atoms with Crippen LogP contribution in [0.5, 0.6) is 0 Å². The van der Waals surface area contributed by atoms with Crippen molar-refractivity contribution in [2.24, 2.45) is 0 Å². The number of nitrogens with one attached hydrogen (secondary N) is 1. The molecule has 2 rings (SSSR count). The van der Waals surface area contributed by atoms with E-state index in [4.69, 9.17) is 4.74 Å². The molecule has 0 bridgehead atoms. The number of morpholine rings is 1. The second-order valence-corrected chi connectivity index (χ2v) is 4.48. The molecule has 1 saturated heterocycles. The van der Waals surface area contributed by atoms with Gasteiger partial charge >= 0.3 is 0 Å². The molecule has 86 valence electrons. The lowest BCUT2D eigenvalue weighted by Crippen LogP contribution is -2.46. The summed E-state index contributed by atoms with van der Waals surface area (Å²) in [4.78, 5) is 0. The minimum absolute atomic E-state index is 0.338. The Morgan fingerprint density at radius 3 is 2.69 bits per heavy atom. The molecular formula is C14H19NO. The molecule has 0 amide bonds. The summed E-state index contributed by atoms with van der Waals surface area (Å²) in [5, 5.41) is 3.49. The van der Waals surface area contributed by atoms with E-state index in [1.54, 1.807) is 0 Å². The highest BCUT2D eigenvalue weighted by molar-refractivity contribution is 5.50. The van der Waals surface area contributed by atoms with Gasteiger partial charge in [0.2, 0.25) is 0 Å². The van der Waals surface area contributed by atoms with Gasteiger partial charge in [-0.25, -0.2) is 0 Å². The molecule has 0 aromatic heterocycles. The molecule has 0 aliphatic carbocycles. The fraction of sp³-hybridized carbons (Fsp3) is 0.429. The number of hydrogen-bond acceptors (Lipinski definition) is 2. The lowest BCUT2D eigenvalue weighted by Gasteiger charge is -2.26. The van der Waals surface area contributed by atoms with Crippen LogP contribution in [0.15, 0.2) is 30.3 Å². The Balaban J connectivity index is 1.95. The van der Waals surface area contributed by atoms with Gasteiger partial charge in [-0.3, -0.25) is 0 Å². The molecule has 1 aromatic carbocycles. The van der Waals surface area contributed by atoms with Crippen molar-refractivity contribution in [3.8, 4) is 0 Å². The van der Waals surface area contributed by atoms with Gasteiger partial charge in [-0.2, -0.15) is 0 Å². The Bertz CT molecular complexity index is 356. The largest absolute Gasteiger partial charge is 0.378 e. The van der Waals surface area contributed by atoms with E-state index >= 15 is 0 Å². The summed E-state index contributed by atoms with van der Waals surface area (Å²) in [7, 11) is 0. The molecule has 1 aromatic rings. The van der Waals surface area contributed by atoms with Crippen LogP contribution in [0.4, 0.5) is 0 Å². The van der Waals surface area contributed by atoms with Crippen LogP contribution in [0.1, 0.15) is 18.1 Å². The van der Waals surface area contributed by atoms with Gasteiger partial charge in [-0.05, 0) is 19.4 Å². The monoisotopic (exact) mass is 217 g/mol. The van der Waals surface area contributed by atoms with Crippen molar-refractivity contribution < 1.29 is 4.74 Å². The number of rotatable bonds is 2. The van der Waals surface area contributed by atoms with Crippen LogP contribution in [-0.4, -0.2) is 25.3 Å². The summed E-state index contributed by atoms with van der Waals surface area (Å²) in [6.45, 7) is 5.83. The van der Waals surface area contributed by atoms with Crippen molar-refractivity contribution in [1.82, 2.24) is 5.32 Å². The Morgan fingerprint density at radius 2 is 2.00 bits per heavy atom. The predicted octanol–water partition coefficient (Wildman–Crippen LogP) is 2.39. The Morgan fingerprint density at radius 1 is 1.25 bits per heavy atom. The van der Waals surface area contributed by atoms with Crippen LogP contribution in [0.2, 0.25) is 0 Å². The first-order valence-corrected chi connectivity index (χ1v) is 5.83. The quantitative estimate of drug-likeness (QED) is 0.821. The molecule has 2 unspecified atom stereocenters. The number of ether oxygens (including phenoxy) is 1. The molecule has 0 spiro atoms. The maximum Gasteiger partial charge on any atom is 0.0656 e. The Hall–Kier alpha value is -1.12. The van der Waals surface area contributed by atoms with Crippen molar-refractivity contribution >= 4 is 6.08 Å². The fourth-order valence-corrected chi connectivity index (χ4v) is 1.85. The van der Waals surface area contributed by atoms with Crippen LogP contribution < -0.4 is 5.32 Å². The number of hydrogen-bond donors (Lipinski definition) is 1. The molecule has 1 aliphatic heterocycles. The van der Waals surface area contributed by atoms with Gasteiger partial charge in [0.15, 0.2) is 0 Å². The molecule has 1 N–H and O–H groups in total. The molecule has 1 aliphatic rings. The van der Waals surface area contributed by atoms with Gasteiger partial charge in [0.05, 0.1) is 13.2 Å². The van der Waals surface area contributed by atoms with Crippen LogP contribution in [0.3, 0.4) is 0 Å². The van der Waals surface area contributed by atoms with E-state index < -0.39 is 0 Å². The summed E-state index contributed by atoms with van der Waals surface area (Å²) >= 11 is 0.